The van der Waals surface area contributed by atoms with E-state index < -0.39 is 0 Å². The van der Waals surface area contributed by atoms with Gasteiger partial charge in [0.15, 0.2) is 0 Å². The summed E-state index contributed by atoms with van der Waals surface area (Å²) in [6.07, 6.45) is 3.34. The van der Waals surface area contributed by atoms with Crippen LogP contribution in [-0.2, 0) is 0 Å². The Morgan fingerprint density at radius 1 is 1.65 bits per heavy atom. The number of hydrogen-bond acceptors (Lipinski definition) is 4. The molecule has 2 N–H and O–H groups in total. The van der Waals surface area contributed by atoms with Crippen LogP contribution >= 0.6 is 0 Å². The molecule has 1 aromatic rings. The predicted octanol–water partition coefficient (Wildman–Crippen LogP) is 0.127. The van der Waals surface area contributed by atoms with Crippen molar-refractivity contribution >= 4 is 5.91 Å². The lowest BCUT2D eigenvalue weighted by Crippen LogP contribution is -2.44. The normalized spacial score (nSPS) is 17.6. The van der Waals surface area contributed by atoms with Crippen LogP contribution in [0.2, 0.25) is 0 Å². The minimum atomic E-state index is -0.110. The third-order valence-corrected chi connectivity index (χ3v) is 2.96. The Morgan fingerprint density at radius 2 is 2.41 bits per heavy atom. The molecule has 90 valence electrons. The van der Waals surface area contributed by atoms with Crippen LogP contribution in [-0.4, -0.2) is 46.7 Å². The lowest BCUT2D eigenvalue weighted by Gasteiger charge is -2.30. The summed E-state index contributed by atoms with van der Waals surface area (Å²) < 4.78 is 0. The summed E-state index contributed by atoms with van der Waals surface area (Å²) in [5, 5.41) is 17.9. The number of carbonyl (C=O) groups is 1. The van der Waals surface area contributed by atoms with Crippen molar-refractivity contribution in [3.05, 3.63) is 18.0 Å². The number of hydrogen-bond donors (Lipinski definition) is 2. The minimum Gasteiger partial charge on any atom is -0.348 e. The molecule has 6 nitrogen and oxygen atoms in total. The first-order valence-corrected chi connectivity index (χ1v) is 5.69. The van der Waals surface area contributed by atoms with E-state index in [2.05, 4.69) is 26.5 Å². The first kappa shape index (κ1) is 11.6. The van der Waals surface area contributed by atoms with Crippen LogP contribution < -0.4 is 5.32 Å². The fourth-order valence-corrected chi connectivity index (χ4v) is 1.98. The molecule has 0 saturated carbocycles. The van der Waals surface area contributed by atoms with Crippen molar-refractivity contribution in [3.63, 3.8) is 0 Å². The molecule has 0 aromatic carbocycles. The highest BCUT2D eigenvalue weighted by Gasteiger charge is 2.21. The van der Waals surface area contributed by atoms with E-state index in [-0.39, 0.29) is 11.9 Å². The lowest BCUT2D eigenvalue weighted by atomic mass is 10.1. The Morgan fingerprint density at radius 3 is 3.00 bits per heavy atom. The molecule has 0 aliphatic carbocycles. The van der Waals surface area contributed by atoms with Crippen LogP contribution in [0.3, 0.4) is 0 Å². The number of aromatic amines is 1. The van der Waals surface area contributed by atoms with Gasteiger partial charge in [0.25, 0.3) is 5.91 Å². The average molecular weight is 233 g/mol. The van der Waals surface area contributed by atoms with Gasteiger partial charge in [0.05, 0.1) is 12.6 Å². The van der Waals surface area contributed by atoms with Crippen LogP contribution in [0.25, 0.3) is 0 Å². The van der Waals surface area contributed by atoms with E-state index in [0.717, 1.165) is 25.9 Å². The Balaban J connectivity index is 1.79. The molecule has 6 heteroatoms. The SMILES string of the molecule is N#CCN1CCC(NC(=O)c2ccn[nH]2)CC1. The highest BCUT2D eigenvalue weighted by molar-refractivity contribution is 5.92. The van der Waals surface area contributed by atoms with Crippen molar-refractivity contribution < 1.29 is 4.79 Å². The fourth-order valence-electron chi connectivity index (χ4n) is 1.98. The van der Waals surface area contributed by atoms with Crippen molar-refractivity contribution in [2.45, 2.75) is 18.9 Å². The molecule has 17 heavy (non-hydrogen) atoms. The predicted molar refractivity (Wildman–Crippen MR) is 61.1 cm³/mol. The molecular weight excluding hydrogens is 218 g/mol. The van der Waals surface area contributed by atoms with Crippen LogP contribution in [0.1, 0.15) is 23.3 Å². The van der Waals surface area contributed by atoms with Gasteiger partial charge in [-0.25, -0.2) is 0 Å². The van der Waals surface area contributed by atoms with E-state index >= 15 is 0 Å². The molecule has 0 atom stereocenters. The molecule has 1 aliphatic heterocycles. The topological polar surface area (TPSA) is 84.8 Å². The maximum Gasteiger partial charge on any atom is 0.269 e. The van der Waals surface area contributed by atoms with Crippen LogP contribution in [0.5, 0.6) is 0 Å². The molecule has 2 heterocycles. The second kappa shape index (κ2) is 5.46. The molecule has 0 unspecified atom stereocenters. The second-order valence-corrected chi connectivity index (χ2v) is 4.15. The number of carbonyl (C=O) groups excluding carboxylic acids is 1. The molecule has 1 aliphatic rings. The highest BCUT2D eigenvalue weighted by Crippen LogP contribution is 2.10. The number of aromatic nitrogens is 2. The van der Waals surface area contributed by atoms with Gasteiger partial charge < -0.3 is 5.32 Å². The summed E-state index contributed by atoms with van der Waals surface area (Å²) in [5.41, 5.74) is 0.490. The summed E-state index contributed by atoms with van der Waals surface area (Å²) >= 11 is 0. The number of amides is 1. The number of nitrogens with zero attached hydrogens (tertiary/aromatic N) is 3. The zero-order valence-corrected chi connectivity index (χ0v) is 9.52. The van der Waals surface area contributed by atoms with Gasteiger partial charge in [-0.3, -0.25) is 14.8 Å². The summed E-state index contributed by atoms with van der Waals surface area (Å²) in [7, 11) is 0. The lowest BCUT2D eigenvalue weighted by molar-refractivity contribution is 0.0909. The molecule has 0 spiro atoms. The largest absolute Gasteiger partial charge is 0.348 e. The third kappa shape index (κ3) is 3.04. The quantitative estimate of drug-likeness (QED) is 0.727. The van der Waals surface area contributed by atoms with Crippen molar-refractivity contribution in [3.8, 4) is 6.07 Å². The number of nitriles is 1. The zero-order valence-electron chi connectivity index (χ0n) is 9.52. The van der Waals surface area contributed by atoms with Crippen molar-refractivity contribution in [2.24, 2.45) is 0 Å². The van der Waals surface area contributed by atoms with Gasteiger partial charge in [-0.2, -0.15) is 10.4 Å². The zero-order chi connectivity index (χ0) is 12.1. The van der Waals surface area contributed by atoms with E-state index in [1.165, 1.54) is 0 Å². The van der Waals surface area contributed by atoms with Crippen LogP contribution in [0.4, 0.5) is 0 Å². The van der Waals surface area contributed by atoms with Crippen LogP contribution in [0, 0.1) is 11.3 Å². The number of nitrogens with one attached hydrogen (secondary N) is 2. The standard InChI is InChI=1S/C11H15N5O/c12-4-8-16-6-2-9(3-7-16)14-11(17)10-1-5-13-15-10/h1,5,9H,2-3,6-8H2,(H,13,15)(H,14,17). The molecule has 2 rings (SSSR count). The van der Waals surface area contributed by atoms with Crippen molar-refractivity contribution in [2.75, 3.05) is 19.6 Å². The van der Waals surface area contributed by atoms with Gasteiger partial charge in [-0.05, 0) is 18.9 Å². The van der Waals surface area contributed by atoms with Crippen molar-refractivity contribution in [1.29, 1.82) is 5.26 Å². The van der Waals surface area contributed by atoms with Gasteiger partial charge in [0.2, 0.25) is 0 Å². The van der Waals surface area contributed by atoms with E-state index in [4.69, 9.17) is 5.26 Å². The molecule has 1 aromatic heterocycles. The monoisotopic (exact) mass is 233 g/mol. The molecule has 0 radical (unpaired) electrons. The summed E-state index contributed by atoms with van der Waals surface area (Å²) in [4.78, 5) is 13.8. The van der Waals surface area contributed by atoms with Gasteiger partial charge in [0.1, 0.15) is 5.69 Å². The van der Waals surface area contributed by atoms with Crippen LogP contribution in [0.15, 0.2) is 12.3 Å². The number of rotatable bonds is 3. The Labute approximate surface area is 99.6 Å². The van der Waals surface area contributed by atoms with Crippen molar-refractivity contribution in [1.82, 2.24) is 20.4 Å². The highest BCUT2D eigenvalue weighted by atomic mass is 16.2. The van der Waals surface area contributed by atoms with Gasteiger partial charge in [-0.1, -0.05) is 0 Å². The van der Waals surface area contributed by atoms with E-state index in [0.29, 0.717) is 12.2 Å². The Hall–Kier alpha value is -1.87. The second-order valence-electron chi connectivity index (χ2n) is 4.15. The smallest absolute Gasteiger partial charge is 0.269 e. The number of piperidine rings is 1. The van der Waals surface area contributed by atoms with Gasteiger partial charge >= 0.3 is 0 Å². The summed E-state index contributed by atoms with van der Waals surface area (Å²) in [6, 6.07) is 3.99. The number of likely N-dealkylation sites (tertiary alicyclic amines) is 1. The molecule has 0 bridgehead atoms. The maximum absolute atomic E-state index is 11.7. The average Bonchev–Trinajstić information content (AvgIpc) is 2.86. The molecule has 1 saturated heterocycles. The fraction of sp³-hybridized carbons (Fsp3) is 0.545. The maximum atomic E-state index is 11.7. The van der Waals surface area contributed by atoms with E-state index in [1.807, 2.05) is 0 Å². The van der Waals surface area contributed by atoms with E-state index in [9.17, 15) is 4.79 Å². The summed E-state index contributed by atoms with van der Waals surface area (Å²) in [5.74, 6) is -0.110. The summed E-state index contributed by atoms with van der Waals surface area (Å²) in [6.45, 7) is 2.20. The van der Waals surface area contributed by atoms with E-state index in [1.54, 1.807) is 12.3 Å². The number of H-pyrrole nitrogens is 1. The van der Waals surface area contributed by atoms with Gasteiger partial charge in [0, 0.05) is 25.3 Å². The molecule has 1 amide bonds. The third-order valence-electron chi connectivity index (χ3n) is 2.96. The van der Waals surface area contributed by atoms with Gasteiger partial charge in [-0.15, -0.1) is 0 Å². The first-order chi connectivity index (χ1) is 8.29. The molecule has 1 fully saturated rings. The Kier molecular flexibility index (Phi) is 3.73. The minimum absolute atomic E-state index is 0.110. The Bertz CT molecular complexity index is 400. The first-order valence-electron chi connectivity index (χ1n) is 5.69. The molecular formula is C11H15N5O.